The number of halogens is 1. The Morgan fingerprint density at radius 2 is 2.26 bits per heavy atom. The number of nitrogens with one attached hydrogen (secondary N) is 1. The van der Waals surface area contributed by atoms with E-state index in [0.29, 0.717) is 17.1 Å². The van der Waals surface area contributed by atoms with E-state index in [1.807, 2.05) is 7.05 Å². The molecule has 1 aliphatic rings. The fourth-order valence-electron chi connectivity index (χ4n) is 2.16. The van der Waals surface area contributed by atoms with E-state index in [1.54, 1.807) is 0 Å². The van der Waals surface area contributed by atoms with Crippen LogP contribution in [0.4, 0.5) is 0 Å². The highest BCUT2D eigenvalue weighted by molar-refractivity contribution is 7.89. The van der Waals surface area contributed by atoms with Crippen molar-refractivity contribution in [2.75, 3.05) is 20.1 Å². The first-order chi connectivity index (χ1) is 8.92. The van der Waals surface area contributed by atoms with Gasteiger partial charge in [-0.2, -0.15) is 0 Å². The molecule has 0 spiro atoms. The molecule has 0 aliphatic carbocycles. The number of rotatable bonds is 4. The number of aliphatic hydroxyl groups is 1. The molecular formula is C12H17ClN2O3S. The SMILES string of the molecule is CN1CCC(NS(=O)(=O)c2ccc(Cl)c(CO)c2)C1. The topological polar surface area (TPSA) is 69.6 Å². The van der Waals surface area contributed by atoms with Crippen LogP contribution in [-0.4, -0.2) is 44.6 Å². The quantitative estimate of drug-likeness (QED) is 0.864. The lowest BCUT2D eigenvalue weighted by atomic mass is 10.2. The summed E-state index contributed by atoms with van der Waals surface area (Å²) in [6.07, 6.45) is 0.802. The fraction of sp³-hybridized carbons (Fsp3) is 0.500. The van der Waals surface area contributed by atoms with E-state index >= 15 is 0 Å². The van der Waals surface area contributed by atoms with Crippen molar-refractivity contribution < 1.29 is 13.5 Å². The summed E-state index contributed by atoms with van der Waals surface area (Å²) < 4.78 is 27.1. The third kappa shape index (κ3) is 3.46. The molecule has 0 saturated carbocycles. The van der Waals surface area contributed by atoms with Gasteiger partial charge in [0.1, 0.15) is 0 Å². The average Bonchev–Trinajstić information content (AvgIpc) is 2.74. The van der Waals surface area contributed by atoms with Gasteiger partial charge in [-0.1, -0.05) is 11.6 Å². The van der Waals surface area contributed by atoms with Crippen molar-refractivity contribution in [3.8, 4) is 0 Å². The van der Waals surface area contributed by atoms with Crippen LogP contribution in [0.5, 0.6) is 0 Å². The number of likely N-dealkylation sites (N-methyl/N-ethyl adjacent to an activating group) is 1. The van der Waals surface area contributed by atoms with Crippen molar-refractivity contribution >= 4 is 21.6 Å². The molecule has 2 N–H and O–H groups in total. The van der Waals surface area contributed by atoms with Gasteiger partial charge in [-0.25, -0.2) is 13.1 Å². The lowest BCUT2D eigenvalue weighted by Crippen LogP contribution is -2.36. The Kier molecular flexibility index (Phi) is 4.47. The van der Waals surface area contributed by atoms with Gasteiger partial charge in [0.15, 0.2) is 0 Å². The van der Waals surface area contributed by atoms with Crippen LogP contribution in [0.1, 0.15) is 12.0 Å². The maximum atomic E-state index is 12.2. The summed E-state index contributed by atoms with van der Waals surface area (Å²) in [5.74, 6) is 0. The van der Waals surface area contributed by atoms with Gasteiger partial charge in [-0.3, -0.25) is 0 Å². The lowest BCUT2D eigenvalue weighted by Gasteiger charge is -2.14. The highest BCUT2D eigenvalue weighted by Crippen LogP contribution is 2.21. The van der Waals surface area contributed by atoms with E-state index in [-0.39, 0.29) is 17.5 Å². The van der Waals surface area contributed by atoms with Crippen LogP contribution in [0, 0.1) is 0 Å². The van der Waals surface area contributed by atoms with Crippen LogP contribution in [0.3, 0.4) is 0 Å². The van der Waals surface area contributed by atoms with Gasteiger partial charge in [0.05, 0.1) is 11.5 Å². The second kappa shape index (κ2) is 5.76. The normalized spacial score (nSPS) is 20.9. The Balaban J connectivity index is 2.19. The van der Waals surface area contributed by atoms with Crippen molar-refractivity contribution in [2.45, 2.75) is 24.0 Å². The van der Waals surface area contributed by atoms with Crippen molar-refractivity contribution in [1.29, 1.82) is 0 Å². The number of hydrogen-bond donors (Lipinski definition) is 2. The van der Waals surface area contributed by atoms with Crippen LogP contribution in [0.15, 0.2) is 23.1 Å². The van der Waals surface area contributed by atoms with E-state index in [2.05, 4.69) is 9.62 Å². The molecule has 0 amide bonds. The zero-order chi connectivity index (χ0) is 14.0. The van der Waals surface area contributed by atoms with E-state index in [1.165, 1.54) is 18.2 Å². The average molecular weight is 305 g/mol. The van der Waals surface area contributed by atoms with Crippen LogP contribution in [0.25, 0.3) is 0 Å². The van der Waals surface area contributed by atoms with Gasteiger partial charge in [-0.15, -0.1) is 0 Å². The Bertz CT molecular complexity index is 562. The van der Waals surface area contributed by atoms with E-state index in [4.69, 9.17) is 16.7 Å². The summed E-state index contributed by atoms with van der Waals surface area (Å²) in [4.78, 5) is 2.21. The number of nitrogens with zero attached hydrogens (tertiary/aromatic N) is 1. The molecule has 1 fully saturated rings. The van der Waals surface area contributed by atoms with Gasteiger partial charge in [0, 0.05) is 17.6 Å². The van der Waals surface area contributed by atoms with Gasteiger partial charge in [-0.05, 0) is 43.8 Å². The Hall–Kier alpha value is -0.660. The number of benzene rings is 1. The van der Waals surface area contributed by atoms with Gasteiger partial charge < -0.3 is 10.0 Å². The molecular weight excluding hydrogens is 288 g/mol. The number of aliphatic hydroxyl groups excluding tert-OH is 1. The second-order valence-electron chi connectivity index (χ2n) is 4.78. The maximum Gasteiger partial charge on any atom is 0.240 e. The highest BCUT2D eigenvalue weighted by atomic mass is 35.5. The minimum Gasteiger partial charge on any atom is -0.392 e. The first-order valence-corrected chi connectivity index (χ1v) is 7.88. The Labute approximate surface area is 118 Å². The first-order valence-electron chi connectivity index (χ1n) is 6.02. The zero-order valence-corrected chi connectivity index (χ0v) is 12.2. The van der Waals surface area contributed by atoms with Crippen molar-refractivity contribution in [3.05, 3.63) is 28.8 Å². The third-order valence-corrected chi connectivity index (χ3v) is 5.10. The summed E-state index contributed by atoms with van der Waals surface area (Å²) in [5.41, 5.74) is 0.410. The highest BCUT2D eigenvalue weighted by Gasteiger charge is 2.25. The predicted octanol–water partition coefficient (Wildman–Crippen LogP) is 0.815. The van der Waals surface area contributed by atoms with Gasteiger partial charge in [0.2, 0.25) is 10.0 Å². The van der Waals surface area contributed by atoms with E-state index in [9.17, 15) is 8.42 Å². The van der Waals surface area contributed by atoms with E-state index in [0.717, 1.165) is 13.0 Å². The summed E-state index contributed by atoms with van der Waals surface area (Å²) in [7, 11) is -1.60. The minimum absolute atomic E-state index is 0.0664. The molecule has 0 aromatic heterocycles. The molecule has 0 radical (unpaired) electrons. The van der Waals surface area contributed by atoms with E-state index < -0.39 is 10.0 Å². The number of hydrogen-bond acceptors (Lipinski definition) is 4. The number of likely N-dealkylation sites (tertiary alicyclic amines) is 1. The zero-order valence-electron chi connectivity index (χ0n) is 10.6. The summed E-state index contributed by atoms with van der Waals surface area (Å²) in [6.45, 7) is 1.31. The number of sulfonamides is 1. The fourth-order valence-corrected chi connectivity index (χ4v) is 3.65. The standard InChI is InChI=1S/C12H17ClN2O3S/c1-15-5-4-10(7-15)14-19(17,18)11-2-3-12(13)9(6-11)8-16/h2-3,6,10,14,16H,4-5,7-8H2,1H3. The van der Waals surface area contributed by atoms with Crippen LogP contribution >= 0.6 is 11.6 Å². The molecule has 19 heavy (non-hydrogen) atoms. The predicted molar refractivity (Wildman–Crippen MR) is 73.6 cm³/mol. The van der Waals surface area contributed by atoms with Gasteiger partial charge >= 0.3 is 0 Å². The molecule has 1 unspecified atom stereocenters. The molecule has 1 atom stereocenters. The largest absolute Gasteiger partial charge is 0.392 e. The van der Waals surface area contributed by atoms with Crippen molar-refractivity contribution in [1.82, 2.24) is 9.62 Å². The van der Waals surface area contributed by atoms with Crippen LogP contribution < -0.4 is 4.72 Å². The van der Waals surface area contributed by atoms with Gasteiger partial charge in [0.25, 0.3) is 0 Å². The van der Waals surface area contributed by atoms with Crippen molar-refractivity contribution in [2.24, 2.45) is 0 Å². The Morgan fingerprint density at radius 1 is 1.53 bits per heavy atom. The monoisotopic (exact) mass is 304 g/mol. The summed E-state index contributed by atoms with van der Waals surface area (Å²) in [6, 6.07) is 4.28. The third-order valence-electron chi connectivity index (χ3n) is 3.21. The van der Waals surface area contributed by atoms with Crippen LogP contribution in [0.2, 0.25) is 5.02 Å². The molecule has 1 aliphatic heterocycles. The smallest absolute Gasteiger partial charge is 0.240 e. The minimum atomic E-state index is -3.56. The second-order valence-corrected chi connectivity index (χ2v) is 6.90. The molecule has 5 nitrogen and oxygen atoms in total. The molecule has 1 aromatic rings. The molecule has 1 heterocycles. The summed E-state index contributed by atoms with van der Waals surface area (Å²) in [5, 5.41) is 9.48. The Morgan fingerprint density at radius 3 is 2.84 bits per heavy atom. The molecule has 1 aromatic carbocycles. The molecule has 2 rings (SSSR count). The lowest BCUT2D eigenvalue weighted by molar-refractivity contribution is 0.281. The van der Waals surface area contributed by atoms with Crippen LogP contribution in [-0.2, 0) is 16.6 Å². The first kappa shape index (κ1) is 14.7. The molecule has 106 valence electrons. The molecule has 7 heteroatoms. The summed E-state index contributed by atoms with van der Waals surface area (Å²) >= 11 is 5.85. The molecule has 1 saturated heterocycles. The van der Waals surface area contributed by atoms with Crippen molar-refractivity contribution in [3.63, 3.8) is 0 Å². The maximum absolute atomic E-state index is 12.2. The molecule has 0 bridgehead atoms.